The van der Waals surface area contributed by atoms with E-state index < -0.39 is 0 Å². The molecular formula is C24H31N4OS+. The number of fused-ring (bicyclic) bond motifs is 1. The molecule has 6 heteroatoms. The molecule has 1 heterocycles. The van der Waals surface area contributed by atoms with Crippen LogP contribution in [-0.2, 0) is 13.0 Å². The third-order valence-corrected chi connectivity index (χ3v) is 5.58. The predicted molar refractivity (Wildman–Crippen MR) is 129 cm³/mol. The summed E-state index contributed by atoms with van der Waals surface area (Å²) in [5, 5.41) is 5.01. The van der Waals surface area contributed by atoms with Gasteiger partial charge in [-0.2, -0.15) is 0 Å². The van der Waals surface area contributed by atoms with Gasteiger partial charge in [-0.25, -0.2) is 0 Å². The Morgan fingerprint density at radius 2 is 1.87 bits per heavy atom. The molecule has 0 spiro atoms. The SMILES string of the molecule is CCc1ccc(NC(=S)N(CC[NH+](C)C)Cc2cc3cc(C)ccc3[nH]c2=O)cc1. The maximum Gasteiger partial charge on any atom is 0.253 e. The number of aromatic amines is 1. The number of anilines is 1. The van der Waals surface area contributed by atoms with Crippen LogP contribution in [0.2, 0.25) is 0 Å². The topological polar surface area (TPSA) is 52.6 Å². The second kappa shape index (κ2) is 9.87. The number of hydrogen-bond donors (Lipinski definition) is 3. The number of hydrogen-bond acceptors (Lipinski definition) is 2. The Morgan fingerprint density at radius 1 is 1.13 bits per heavy atom. The minimum absolute atomic E-state index is 0.0661. The third-order valence-electron chi connectivity index (χ3n) is 5.22. The van der Waals surface area contributed by atoms with E-state index in [-0.39, 0.29) is 5.56 Å². The van der Waals surface area contributed by atoms with E-state index in [1.165, 1.54) is 16.0 Å². The van der Waals surface area contributed by atoms with E-state index >= 15 is 0 Å². The van der Waals surface area contributed by atoms with Crippen molar-refractivity contribution in [2.45, 2.75) is 26.8 Å². The Kier molecular flexibility index (Phi) is 7.24. The van der Waals surface area contributed by atoms with Gasteiger partial charge in [0.1, 0.15) is 0 Å². The van der Waals surface area contributed by atoms with Gasteiger partial charge in [0.2, 0.25) is 0 Å². The first-order valence-corrected chi connectivity index (χ1v) is 10.8. The molecule has 3 rings (SSSR count). The normalized spacial score (nSPS) is 11.1. The van der Waals surface area contributed by atoms with E-state index in [2.05, 4.69) is 61.3 Å². The van der Waals surface area contributed by atoms with Gasteiger partial charge in [0.25, 0.3) is 5.56 Å². The zero-order valence-electron chi connectivity index (χ0n) is 18.2. The molecule has 30 heavy (non-hydrogen) atoms. The van der Waals surface area contributed by atoms with Crippen molar-refractivity contribution in [3.8, 4) is 0 Å². The van der Waals surface area contributed by atoms with Gasteiger partial charge in [-0.1, -0.05) is 30.7 Å². The smallest absolute Gasteiger partial charge is 0.253 e. The van der Waals surface area contributed by atoms with E-state index in [4.69, 9.17) is 12.2 Å². The first kappa shape index (κ1) is 22.0. The zero-order chi connectivity index (χ0) is 21.7. The van der Waals surface area contributed by atoms with Crippen LogP contribution in [0.4, 0.5) is 5.69 Å². The molecule has 0 atom stereocenters. The number of likely N-dealkylation sites (N-methyl/N-ethyl adjacent to an activating group) is 1. The molecule has 5 nitrogen and oxygen atoms in total. The van der Waals surface area contributed by atoms with Crippen LogP contribution >= 0.6 is 12.2 Å². The molecule has 3 N–H and O–H groups in total. The number of nitrogens with zero attached hydrogens (tertiary/aromatic N) is 1. The second-order valence-electron chi connectivity index (χ2n) is 8.07. The highest BCUT2D eigenvalue weighted by Gasteiger charge is 2.15. The summed E-state index contributed by atoms with van der Waals surface area (Å²) in [6.07, 6.45) is 1.01. The maximum atomic E-state index is 12.7. The lowest BCUT2D eigenvalue weighted by molar-refractivity contribution is -0.857. The van der Waals surface area contributed by atoms with E-state index in [1.54, 1.807) is 0 Å². The second-order valence-corrected chi connectivity index (χ2v) is 8.46. The minimum atomic E-state index is -0.0661. The van der Waals surface area contributed by atoms with E-state index in [0.717, 1.165) is 36.1 Å². The van der Waals surface area contributed by atoms with Crippen LogP contribution in [0.1, 0.15) is 23.6 Å². The van der Waals surface area contributed by atoms with Crippen molar-refractivity contribution in [2.75, 3.05) is 32.5 Å². The average Bonchev–Trinajstić information content (AvgIpc) is 2.72. The van der Waals surface area contributed by atoms with Crippen LogP contribution in [0.25, 0.3) is 10.9 Å². The number of quaternary nitrogens is 1. The van der Waals surface area contributed by atoms with Gasteiger partial charge in [-0.3, -0.25) is 4.79 Å². The molecule has 0 radical (unpaired) electrons. The van der Waals surface area contributed by atoms with Crippen LogP contribution < -0.4 is 15.8 Å². The number of pyridine rings is 1. The number of thiocarbonyl (C=S) groups is 1. The number of aryl methyl sites for hydroxylation is 2. The van der Waals surface area contributed by atoms with Crippen molar-refractivity contribution in [3.05, 3.63) is 75.6 Å². The highest BCUT2D eigenvalue weighted by molar-refractivity contribution is 7.80. The fourth-order valence-corrected chi connectivity index (χ4v) is 3.61. The van der Waals surface area contributed by atoms with Gasteiger partial charge < -0.3 is 20.1 Å². The van der Waals surface area contributed by atoms with Gasteiger partial charge in [-0.05, 0) is 66.8 Å². The molecule has 0 unspecified atom stereocenters. The summed E-state index contributed by atoms with van der Waals surface area (Å²) in [5.41, 5.74) is 4.92. The Balaban J connectivity index is 1.83. The monoisotopic (exact) mass is 423 g/mol. The molecule has 2 aromatic carbocycles. The Labute approximate surface area is 183 Å². The Bertz CT molecular complexity index is 1070. The van der Waals surface area contributed by atoms with Gasteiger partial charge in [0.15, 0.2) is 5.11 Å². The van der Waals surface area contributed by atoms with Crippen molar-refractivity contribution in [1.29, 1.82) is 0 Å². The molecule has 0 aliphatic rings. The summed E-state index contributed by atoms with van der Waals surface area (Å²) in [7, 11) is 4.23. The predicted octanol–water partition coefficient (Wildman–Crippen LogP) is 2.74. The molecule has 0 bridgehead atoms. The lowest BCUT2D eigenvalue weighted by Crippen LogP contribution is -3.06. The molecular weight excluding hydrogens is 392 g/mol. The van der Waals surface area contributed by atoms with Crippen molar-refractivity contribution in [3.63, 3.8) is 0 Å². The molecule has 0 aliphatic carbocycles. The first-order valence-electron chi connectivity index (χ1n) is 10.4. The molecule has 0 saturated heterocycles. The largest absolute Gasteiger partial charge is 0.339 e. The average molecular weight is 424 g/mol. The van der Waals surface area contributed by atoms with Crippen LogP contribution in [0.5, 0.6) is 0 Å². The maximum absolute atomic E-state index is 12.7. The highest BCUT2D eigenvalue weighted by atomic mass is 32.1. The van der Waals surface area contributed by atoms with Crippen molar-refractivity contribution < 1.29 is 4.90 Å². The van der Waals surface area contributed by atoms with Crippen LogP contribution in [0, 0.1) is 6.92 Å². The van der Waals surface area contributed by atoms with Crippen LogP contribution in [-0.4, -0.2) is 42.2 Å². The summed E-state index contributed by atoms with van der Waals surface area (Å²) >= 11 is 5.72. The van der Waals surface area contributed by atoms with Crippen molar-refractivity contribution >= 4 is 33.9 Å². The Hall–Kier alpha value is -2.70. The summed E-state index contributed by atoms with van der Waals surface area (Å²) in [6, 6.07) is 16.3. The van der Waals surface area contributed by atoms with Crippen LogP contribution in [0.15, 0.2) is 53.3 Å². The van der Waals surface area contributed by atoms with Gasteiger partial charge in [-0.15, -0.1) is 0 Å². The summed E-state index contributed by atoms with van der Waals surface area (Å²) < 4.78 is 0. The quantitative estimate of drug-likeness (QED) is 0.512. The van der Waals surface area contributed by atoms with Gasteiger partial charge >= 0.3 is 0 Å². The standard InChI is InChI=1S/C24H30N4OS/c1-5-18-7-9-21(10-8-18)25-24(30)28(13-12-27(3)4)16-20-15-19-14-17(2)6-11-22(19)26-23(20)29/h6-11,14-15H,5,12-13,16H2,1-4H3,(H,25,30)(H,26,29)/p+1. The van der Waals surface area contributed by atoms with Crippen molar-refractivity contribution in [2.24, 2.45) is 0 Å². The molecule has 0 fully saturated rings. The fraction of sp³-hybridized carbons (Fsp3) is 0.333. The van der Waals surface area contributed by atoms with E-state index in [0.29, 0.717) is 17.2 Å². The van der Waals surface area contributed by atoms with Crippen LogP contribution in [0.3, 0.4) is 0 Å². The van der Waals surface area contributed by atoms with Gasteiger partial charge in [0, 0.05) is 16.8 Å². The van der Waals surface area contributed by atoms with E-state index in [1.807, 2.05) is 30.3 Å². The van der Waals surface area contributed by atoms with E-state index in [9.17, 15) is 4.79 Å². The highest BCUT2D eigenvalue weighted by Crippen LogP contribution is 2.15. The Morgan fingerprint density at radius 3 is 2.53 bits per heavy atom. The third kappa shape index (κ3) is 5.68. The summed E-state index contributed by atoms with van der Waals surface area (Å²) in [5.74, 6) is 0. The molecule has 158 valence electrons. The molecule has 1 aromatic heterocycles. The number of benzene rings is 2. The minimum Gasteiger partial charge on any atom is -0.339 e. The zero-order valence-corrected chi connectivity index (χ0v) is 19.0. The molecule has 0 amide bonds. The molecule has 0 aliphatic heterocycles. The summed E-state index contributed by atoms with van der Waals surface area (Å²) in [6.45, 7) is 6.33. The number of nitrogens with one attached hydrogen (secondary N) is 3. The number of rotatable bonds is 7. The molecule has 0 saturated carbocycles. The lowest BCUT2D eigenvalue weighted by Gasteiger charge is -2.26. The van der Waals surface area contributed by atoms with Crippen molar-refractivity contribution in [1.82, 2.24) is 9.88 Å². The number of H-pyrrole nitrogens is 1. The lowest BCUT2D eigenvalue weighted by atomic mass is 10.1. The van der Waals surface area contributed by atoms with Gasteiger partial charge in [0.05, 0.1) is 33.7 Å². The summed E-state index contributed by atoms with van der Waals surface area (Å²) in [4.78, 5) is 19.1. The fourth-order valence-electron chi connectivity index (χ4n) is 3.33. The number of aromatic nitrogens is 1. The molecule has 3 aromatic rings. The first-order chi connectivity index (χ1) is 14.4.